The lowest BCUT2D eigenvalue weighted by molar-refractivity contribution is 0.604. The fourth-order valence-corrected chi connectivity index (χ4v) is 2.69. The van der Waals surface area contributed by atoms with E-state index in [2.05, 4.69) is 4.98 Å². The number of nitrogen functional groups attached to an aromatic ring is 1. The second-order valence-corrected chi connectivity index (χ2v) is 6.43. The predicted molar refractivity (Wildman–Crippen MR) is 81.6 cm³/mol. The first-order valence-corrected chi connectivity index (χ1v) is 7.93. The Kier molecular flexibility index (Phi) is 4.53. The molecule has 2 aromatic rings. The highest BCUT2D eigenvalue weighted by Crippen LogP contribution is 2.07. The molecule has 0 spiro atoms. The highest BCUT2D eigenvalue weighted by atomic mass is 32.2. The van der Waals surface area contributed by atoms with Gasteiger partial charge < -0.3 is 5.73 Å². The maximum absolute atomic E-state index is 11.9. The van der Waals surface area contributed by atoms with Gasteiger partial charge in [0.2, 0.25) is 0 Å². The molecule has 0 amide bonds. The average molecular weight is 288 g/mol. The van der Waals surface area contributed by atoms with Gasteiger partial charge in [-0.05, 0) is 35.8 Å². The molecule has 104 valence electrons. The molecule has 0 bridgehead atoms. The molecule has 0 fully saturated rings. The molecule has 0 unspecified atom stereocenters. The van der Waals surface area contributed by atoms with Gasteiger partial charge in [-0.1, -0.05) is 30.3 Å². The zero-order valence-electron chi connectivity index (χ0n) is 10.9. The molecule has 0 radical (unpaired) electrons. The number of benzene rings is 1. The summed E-state index contributed by atoms with van der Waals surface area (Å²) in [4.78, 5) is 3.91. The Morgan fingerprint density at radius 1 is 1.10 bits per heavy atom. The second-order valence-electron chi connectivity index (χ2n) is 4.42. The van der Waals surface area contributed by atoms with Gasteiger partial charge in [0.1, 0.15) is 5.82 Å². The van der Waals surface area contributed by atoms with Crippen molar-refractivity contribution in [3.8, 4) is 0 Å². The molecule has 20 heavy (non-hydrogen) atoms. The molecule has 4 nitrogen and oxygen atoms in total. The van der Waals surface area contributed by atoms with Crippen LogP contribution in [-0.4, -0.2) is 19.2 Å². The zero-order valence-corrected chi connectivity index (χ0v) is 11.8. The van der Waals surface area contributed by atoms with Crippen molar-refractivity contribution in [2.75, 3.05) is 11.5 Å². The maximum Gasteiger partial charge on any atom is 0.171 e. The summed E-state index contributed by atoms with van der Waals surface area (Å²) in [5, 5.41) is 1.23. The van der Waals surface area contributed by atoms with E-state index in [9.17, 15) is 8.42 Å². The van der Waals surface area contributed by atoms with Gasteiger partial charge in [0.25, 0.3) is 0 Å². The second kappa shape index (κ2) is 6.34. The molecule has 1 aromatic heterocycles. The first-order chi connectivity index (χ1) is 9.55. The molecule has 1 aromatic carbocycles. The minimum absolute atomic E-state index is 0.0932. The smallest absolute Gasteiger partial charge is 0.171 e. The van der Waals surface area contributed by atoms with Gasteiger partial charge in [-0.15, -0.1) is 0 Å². The SMILES string of the molecule is Nc1ccc(C=CS(=O)(=O)CCc2ccccc2)cn1. The van der Waals surface area contributed by atoms with Crippen LogP contribution in [-0.2, 0) is 16.3 Å². The van der Waals surface area contributed by atoms with Crippen LogP contribution in [0.5, 0.6) is 0 Å². The van der Waals surface area contributed by atoms with E-state index in [0.29, 0.717) is 17.8 Å². The molecule has 0 saturated carbocycles. The lowest BCUT2D eigenvalue weighted by atomic mass is 10.2. The van der Waals surface area contributed by atoms with Crippen LogP contribution in [0, 0.1) is 0 Å². The normalized spacial score (nSPS) is 11.8. The topological polar surface area (TPSA) is 73.1 Å². The summed E-state index contributed by atoms with van der Waals surface area (Å²) < 4.78 is 23.8. The van der Waals surface area contributed by atoms with Gasteiger partial charge in [-0.2, -0.15) is 0 Å². The van der Waals surface area contributed by atoms with Crippen molar-refractivity contribution in [1.82, 2.24) is 4.98 Å². The van der Waals surface area contributed by atoms with E-state index in [1.54, 1.807) is 18.3 Å². The maximum atomic E-state index is 11.9. The van der Waals surface area contributed by atoms with Crippen LogP contribution in [0.1, 0.15) is 11.1 Å². The molecule has 0 aliphatic carbocycles. The van der Waals surface area contributed by atoms with E-state index >= 15 is 0 Å². The van der Waals surface area contributed by atoms with Crippen molar-refractivity contribution in [2.24, 2.45) is 0 Å². The Bertz CT molecular complexity index is 678. The number of aryl methyl sites for hydroxylation is 1. The van der Waals surface area contributed by atoms with Crippen molar-refractivity contribution in [3.05, 3.63) is 65.2 Å². The minimum atomic E-state index is -3.23. The Morgan fingerprint density at radius 3 is 2.50 bits per heavy atom. The minimum Gasteiger partial charge on any atom is -0.384 e. The van der Waals surface area contributed by atoms with E-state index in [-0.39, 0.29) is 5.75 Å². The first-order valence-electron chi connectivity index (χ1n) is 6.21. The average Bonchev–Trinajstić information content (AvgIpc) is 2.46. The number of nitrogens with zero attached hydrogens (tertiary/aromatic N) is 1. The molecule has 0 aliphatic heterocycles. The summed E-state index contributed by atoms with van der Waals surface area (Å²) >= 11 is 0. The van der Waals surface area contributed by atoms with Gasteiger partial charge >= 0.3 is 0 Å². The predicted octanol–water partition coefficient (Wildman–Crippen LogP) is 2.29. The van der Waals surface area contributed by atoms with Gasteiger partial charge in [-0.25, -0.2) is 13.4 Å². The standard InChI is InChI=1S/C15H16N2O2S/c16-15-7-6-14(12-17-15)9-11-20(18,19)10-8-13-4-2-1-3-5-13/h1-7,9,11-12H,8,10H2,(H2,16,17). The van der Waals surface area contributed by atoms with Crippen molar-refractivity contribution < 1.29 is 8.42 Å². The molecule has 0 atom stereocenters. The van der Waals surface area contributed by atoms with Crippen LogP contribution >= 0.6 is 0 Å². The summed E-state index contributed by atoms with van der Waals surface area (Å²) in [5.74, 6) is 0.504. The van der Waals surface area contributed by atoms with Gasteiger partial charge in [-0.3, -0.25) is 0 Å². The number of nitrogens with two attached hydrogens (primary N) is 1. The number of sulfone groups is 1. The monoisotopic (exact) mass is 288 g/mol. The number of aromatic nitrogens is 1. The van der Waals surface area contributed by atoms with Gasteiger partial charge in [0.05, 0.1) is 5.75 Å². The lowest BCUT2D eigenvalue weighted by Crippen LogP contribution is -2.05. The van der Waals surface area contributed by atoms with Crippen molar-refractivity contribution >= 4 is 21.7 Å². The van der Waals surface area contributed by atoms with Gasteiger partial charge in [0, 0.05) is 11.6 Å². The number of pyridine rings is 1. The summed E-state index contributed by atoms with van der Waals surface area (Å²) in [6.07, 6.45) is 3.58. The molecular formula is C15H16N2O2S. The fraction of sp³-hybridized carbons (Fsp3) is 0.133. The first kappa shape index (κ1) is 14.3. The summed E-state index contributed by atoms with van der Waals surface area (Å²) in [6.45, 7) is 0. The van der Waals surface area contributed by atoms with Crippen LogP contribution in [0.25, 0.3) is 6.08 Å². The Morgan fingerprint density at radius 2 is 1.85 bits per heavy atom. The highest BCUT2D eigenvalue weighted by molar-refractivity contribution is 7.94. The Balaban J connectivity index is 1.98. The number of hydrogen-bond acceptors (Lipinski definition) is 4. The van der Waals surface area contributed by atoms with Crippen molar-refractivity contribution in [3.63, 3.8) is 0 Å². The Hall–Kier alpha value is -2.14. The number of anilines is 1. The van der Waals surface area contributed by atoms with E-state index in [1.807, 2.05) is 30.3 Å². The number of hydrogen-bond donors (Lipinski definition) is 1. The zero-order chi connectivity index (χ0) is 14.4. The van der Waals surface area contributed by atoms with Crippen molar-refractivity contribution in [2.45, 2.75) is 6.42 Å². The highest BCUT2D eigenvalue weighted by Gasteiger charge is 2.06. The molecule has 0 aliphatic rings. The summed E-state index contributed by atoms with van der Waals surface area (Å²) in [6, 6.07) is 12.9. The van der Waals surface area contributed by atoms with Crippen LogP contribution in [0.4, 0.5) is 5.82 Å². The van der Waals surface area contributed by atoms with E-state index in [1.165, 1.54) is 11.5 Å². The number of rotatable bonds is 5. The van der Waals surface area contributed by atoms with E-state index in [4.69, 9.17) is 5.73 Å². The molecule has 0 saturated heterocycles. The van der Waals surface area contributed by atoms with Crippen LogP contribution in [0.15, 0.2) is 54.1 Å². The molecule has 5 heteroatoms. The molecular weight excluding hydrogens is 272 g/mol. The quantitative estimate of drug-likeness (QED) is 0.916. The van der Waals surface area contributed by atoms with E-state index < -0.39 is 9.84 Å². The largest absolute Gasteiger partial charge is 0.384 e. The summed E-state index contributed by atoms with van der Waals surface area (Å²) in [7, 11) is -3.23. The van der Waals surface area contributed by atoms with Gasteiger partial charge in [0.15, 0.2) is 9.84 Å². The lowest BCUT2D eigenvalue weighted by Gasteiger charge is -2.00. The molecule has 1 heterocycles. The molecule has 2 N–H and O–H groups in total. The Labute approximate surface area is 118 Å². The van der Waals surface area contributed by atoms with E-state index in [0.717, 1.165) is 5.56 Å². The van der Waals surface area contributed by atoms with Crippen LogP contribution in [0.2, 0.25) is 0 Å². The summed E-state index contributed by atoms with van der Waals surface area (Å²) in [5.41, 5.74) is 7.19. The van der Waals surface area contributed by atoms with Crippen molar-refractivity contribution in [1.29, 1.82) is 0 Å². The third-order valence-electron chi connectivity index (χ3n) is 2.80. The van der Waals surface area contributed by atoms with Crippen LogP contribution in [0.3, 0.4) is 0 Å². The van der Waals surface area contributed by atoms with Crippen LogP contribution < -0.4 is 5.73 Å². The fourth-order valence-electron chi connectivity index (χ4n) is 1.67. The third-order valence-corrected chi connectivity index (χ3v) is 4.12. The third kappa shape index (κ3) is 4.51. The molecule has 2 rings (SSSR count).